The van der Waals surface area contributed by atoms with E-state index in [-0.39, 0.29) is 5.91 Å². The lowest BCUT2D eigenvalue weighted by atomic mass is 10.3. The molecule has 0 aliphatic heterocycles. The van der Waals surface area contributed by atoms with Crippen LogP contribution in [0.15, 0.2) is 46.3 Å². The van der Waals surface area contributed by atoms with Gasteiger partial charge in [-0.1, -0.05) is 23.4 Å². The van der Waals surface area contributed by atoms with Crippen LogP contribution in [0.3, 0.4) is 0 Å². The number of aromatic nitrogens is 4. The summed E-state index contributed by atoms with van der Waals surface area (Å²) < 4.78 is 5.20. The molecule has 3 heterocycles. The van der Waals surface area contributed by atoms with E-state index in [4.69, 9.17) is 4.52 Å². The standard InChI is InChI=1S/C18H17N5O2S/c24-16(7-8-17-22-18(23-25-17)14-6-3-11-26-14)19-10-9-15-20-12-4-1-2-5-13(12)21-15/h1-6,11H,7-10H2,(H,19,24)(H,20,21). The van der Waals surface area contributed by atoms with Gasteiger partial charge in [0.25, 0.3) is 0 Å². The summed E-state index contributed by atoms with van der Waals surface area (Å²) in [5, 5.41) is 8.79. The first-order valence-electron chi connectivity index (χ1n) is 8.35. The van der Waals surface area contributed by atoms with Crippen LogP contribution in [0.4, 0.5) is 0 Å². The number of H-pyrrole nitrogens is 1. The summed E-state index contributed by atoms with van der Waals surface area (Å²) in [5.41, 5.74) is 1.94. The quantitative estimate of drug-likeness (QED) is 0.523. The Labute approximate surface area is 153 Å². The predicted octanol–water partition coefficient (Wildman–Crippen LogP) is 2.97. The van der Waals surface area contributed by atoms with E-state index in [0.29, 0.717) is 37.5 Å². The molecule has 2 N–H and O–H groups in total. The average Bonchev–Trinajstić information content (AvgIpc) is 3.38. The zero-order valence-electron chi connectivity index (χ0n) is 13.9. The first-order valence-corrected chi connectivity index (χ1v) is 9.23. The molecule has 0 fully saturated rings. The fourth-order valence-electron chi connectivity index (χ4n) is 2.62. The van der Waals surface area contributed by atoms with Gasteiger partial charge in [-0.2, -0.15) is 4.98 Å². The highest BCUT2D eigenvalue weighted by Crippen LogP contribution is 2.21. The highest BCUT2D eigenvalue weighted by atomic mass is 32.1. The summed E-state index contributed by atoms with van der Waals surface area (Å²) in [6.07, 6.45) is 1.39. The topological polar surface area (TPSA) is 96.7 Å². The van der Waals surface area contributed by atoms with Crippen molar-refractivity contribution >= 4 is 28.3 Å². The molecule has 132 valence electrons. The van der Waals surface area contributed by atoms with Gasteiger partial charge >= 0.3 is 0 Å². The number of nitrogens with zero attached hydrogens (tertiary/aromatic N) is 3. The summed E-state index contributed by atoms with van der Waals surface area (Å²) in [7, 11) is 0. The van der Waals surface area contributed by atoms with E-state index in [2.05, 4.69) is 25.4 Å². The number of hydrogen-bond acceptors (Lipinski definition) is 6. The number of aryl methyl sites for hydroxylation is 1. The normalized spacial score (nSPS) is 11.1. The molecule has 0 saturated carbocycles. The number of imidazole rings is 1. The van der Waals surface area contributed by atoms with Crippen LogP contribution >= 0.6 is 11.3 Å². The molecule has 8 heteroatoms. The average molecular weight is 367 g/mol. The molecule has 0 spiro atoms. The molecule has 0 aliphatic carbocycles. The van der Waals surface area contributed by atoms with Gasteiger partial charge in [0.15, 0.2) is 0 Å². The molecule has 4 rings (SSSR count). The number of para-hydroxylation sites is 2. The van der Waals surface area contributed by atoms with E-state index in [9.17, 15) is 4.79 Å². The van der Waals surface area contributed by atoms with Crippen molar-refractivity contribution in [2.45, 2.75) is 19.3 Å². The molecule has 0 bridgehead atoms. The number of carbonyl (C=O) groups excluding carboxylic acids is 1. The fraction of sp³-hybridized carbons (Fsp3) is 0.222. The van der Waals surface area contributed by atoms with Crippen LogP contribution in [-0.2, 0) is 17.6 Å². The maximum absolute atomic E-state index is 12.0. The molecular weight excluding hydrogens is 350 g/mol. The lowest BCUT2D eigenvalue weighted by Crippen LogP contribution is -2.26. The molecule has 0 saturated heterocycles. The number of benzene rings is 1. The van der Waals surface area contributed by atoms with Crippen LogP contribution in [0.2, 0.25) is 0 Å². The van der Waals surface area contributed by atoms with Gasteiger partial charge in [0.2, 0.25) is 17.6 Å². The summed E-state index contributed by atoms with van der Waals surface area (Å²) >= 11 is 1.55. The Morgan fingerprint density at radius 3 is 2.92 bits per heavy atom. The molecule has 1 amide bonds. The number of amides is 1. The Kier molecular flexibility index (Phi) is 4.74. The van der Waals surface area contributed by atoms with Gasteiger partial charge in [-0.15, -0.1) is 11.3 Å². The van der Waals surface area contributed by atoms with Crippen molar-refractivity contribution in [1.82, 2.24) is 25.4 Å². The number of hydrogen-bond donors (Lipinski definition) is 2. The third kappa shape index (κ3) is 3.80. The van der Waals surface area contributed by atoms with Crippen LogP contribution in [0.5, 0.6) is 0 Å². The van der Waals surface area contributed by atoms with Gasteiger partial charge in [-0.25, -0.2) is 4.98 Å². The molecule has 26 heavy (non-hydrogen) atoms. The summed E-state index contributed by atoms with van der Waals surface area (Å²) in [6.45, 7) is 0.531. The number of nitrogens with one attached hydrogen (secondary N) is 2. The smallest absolute Gasteiger partial charge is 0.227 e. The van der Waals surface area contributed by atoms with Crippen LogP contribution in [0.25, 0.3) is 21.7 Å². The fourth-order valence-corrected chi connectivity index (χ4v) is 3.26. The van der Waals surface area contributed by atoms with Crippen molar-refractivity contribution in [3.05, 3.63) is 53.5 Å². The van der Waals surface area contributed by atoms with Crippen molar-refractivity contribution < 1.29 is 9.32 Å². The summed E-state index contributed by atoms with van der Waals surface area (Å²) in [5.74, 6) is 1.86. The Bertz CT molecular complexity index is 973. The second-order valence-corrected chi connectivity index (χ2v) is 6.74. The van der Waals surface area contributed by atoms with Crippen LogP contribution in [0, 0.1) is 0 Å². The minimum Gasteiger partial charge on any atom is -0.356 e. The Balaban J connectivity index is 1.23. The minimum atomic E-state index is -0.0445. The van der Waals surface area contributed by atoms with E-state index in [1.165, 1.54) is 0 Å². The van der Waals surface area contributed by atoms with E-state index in [0.717, 1.165) is 21.7 Å². The zero-order chi connectivity index (χ0) is 17.8. The molecule has 7 nitrogen and oxygen atoms in total. The number of fused-ring (bicyclic) bond motifs is 1. The molecule has 0 atom stereocenters. The first-order chi connectivity index (χ1) is 12.8. The maximum Gasteiger partial charge on any atom is 0.227 e. The molecule has 0 unspecified atom stereocenters. The van der Waals surface area contributed by atoms with Gasteiger partial charge in [0, 0.05) is 25.8 Å². The molecule has 4 aromatic rings. The lowest BCUT2D eigenvalue weighted by molar-refractivity contribution is -0.121. The highest BCUT2D eigenvalue weighted by molar-refractivity contribution is 7.13. The van der Waals surface area contributed by atoms with Crippen LogP contribution in [-0.4, -0.2) is 32.6 Å². The van der Waals surface area contributed by atoms with Crippen molar-refractivity contribution in [2.24, 2.45) is 0 Å². The highest BCUT2D eigenvalue weighted by Gasteiger charge is 2.11. The van der Waals surface area contributed by atoms with Crippen molar-refractivity contribution in [3.8, 4) is 10.7 Å². The van der Waals surface area contributed by atoms with E-state index in [1.807, 2.05) is 41.8 Å². The summed E-state index contributed by atoms with van der Waals surface area (Å²) in [4.78, 5) is 25.0. The lowest BCUT2D eigenvalue weighted by Gasteiger charge is -2.02. The number of aromatic amines is 1. The second kappa shape index (κ2) is 7.49. The SMILES string of the molecule is O=C(CCc1nc(-c2cccs2)no1)NCCc1nc2ccccc2[nH]1. The monoisotopic (exact) mass is 367 g/mol. The van der Waals surface area contributed by atoms with Gasteiger partial charge in [-0.3, -0.25) is 4.79 Å². The largest absolute Gasteiger partial charge is 0.356 e. The molecule has 3 aromatic heterocycles. The van der Waals surface area contributed by atoms with Crippen LogP contribution < -0.4 is 5.32 Å². The Hall–Kier alpha value is -3.00. The first kappa shape index (κ1) is 16.5. The van der Waals surface area contributed by atoms with Crippen LogP contribution in [0.1, 0.15) is 18.1 Å². The van der Waals surface area contributed by atoms with Crippen molar-refractivity contribution in [2.75, 3.05) is 6.54 Å². The van der Waals surface area contributed by atoms with Gasteiger partial charge in [0.1, 0.15) is 5.82 Å². The zero-order valence-corrected chi connectivity index (χ0v) is 14.8. The molecule has 0 radical (unpaired) electrons. The molecule has 1 aromatic carbocycles. The Morgan fingerprint density at radius 1 is 1.15 bits per heavy atom. The number of rotatable bonds is 7. The third-order valence-corrected chi connectivity index (χ3v) is 4.76. The second-order valence-electron chi connectivity index (χ2n) is 5.79. The van der Waals surface area contributed by atoms with Gasteiger partial charge < -0.3 is 14.8 Å². The predicted molar refractivity (Wildman–Crippen MR) is 98.7 cm³/mol. The van der Waals surface area contributed by atoms with Gasteiger partial charge in [-0.05, 0) is 23.6 Å². The van der Waals surface area contributed by atoms with E-state index in [1.54, 1.807) is 11.3 Å². The third-order valence-electron chi connectivity index (χ3n) is 3.90. The van der Waals surface area contributed by atoms with Crippen molar-refractivity contribution in [3.63, 3.8) is 0 Å². The maximum atomic E-state index is 12.0. The number of carbonyl (C=O) groups is 1. The Morgan fingerprint density at radius 2 is 2.08 bits per heavy atom. The molecule has 0 aliphatic rings. The van der Waals surface area contributed by atoms with Gasteiger partial charge in [0.05, 0.1) is 15.9 Å². The minimum absolute atomic E-state index is 0.0445. The summed E-state index contributed by atoms with van der Waals surface area (Å²) in [6, 6.07) is 11.7. The number of thiophene rings is 1. The van der Waals surface area contributed by atoms with E-state index >= 15 is 0 Å². The van der Waals surface area contributed by atoms with Crippen molar-refractivity contribution in [1.29, 1.82) is 0 Å². The van der Waals surface area contributed by atoms with E-state index < -0.39 is 0 Å². The molecular formula is C18H17N5O2S.